The molecule has 2 rings (SSSR count). The van der Waals surface area contributed by atoms with Gasteiger partial charge in [0.05, 0.1) is 25.9 Å². The van der Waals surface area contributed by atoms with Crippen LogP contribution in [0.1, 0.15) is 17.5 Å². The van der Waals surface area contributed by atoms with Gasteiger partial charge >= 0.3 is 0 Å². The molecule has 112 valence electrons. The highest BCUT2D eigenvalue weighted by atomic mass is 16.5. The number of ether oxygens (including phenoxy) is 2. The summed E-state index contributed by atoms with van der Waals surface area (Å²) in [5.41, 5.74) is 2.26. The van der Waals surface area contributed by atoms with Crippen molar-refractivity contribution in [2.75, 3.05) is 13.2 Å². The zero-order valence-corrected chi connectivity index (χ0v) is 12.2. The standard InChI is InChI=1S/C18H22O3/c19-18(15-21-14-17-9-5-2-6-10-17)11-12-20-13-16-7-3-1-4-8-16/h1-10,18-19H,11-15H2/t18-/m0/s1. The summed E-state index contributed by atoms with van der Waals surface area (Å²) >= 11 is 0. The second-order valence-electron chi connectivity index (χ2n) is 4.98. The van der Waals surface area contributed by atoms with Crippen LogP contribution in [-0.4, -0.2) is 24.4 Å². The van der Waals surface area contributed by atoms with Crippen LogP contribution >= 0.6 is 0 Å². The van der Waals surface area contributed by atoms with E-state index in [-0.39, 0.29) is 0 Å². The Hall–Kier alpha value is -1.68. The lowest BCUT2D eigenvalue weighted by atomic mass is 10.2. The molecule has 0 spiro atoms. The third-order valence-electron chi connectivity index (χ3n) is 3.13. The van der Waals surface area contributed by atoms with E-state index in [0.717, 1.165) is 11.1 Å². The van der Waals surface area contributed by atoms with Crippen molar-refractivity contribution in [1.29, 1.82) is 0 Å². The normalized spacial score (nSPS) is 12.2. The summed E-state index contributed by atoms with van der Waals surface area (Å²) in [6.07, 6.45) is 0.103. The molecule has 0 aromatic heterocycles. The van der Waals surface area contributed by atoms with Crippen molar-refractivity contribution >= 4 is 0 Å². The lowest BCUT2D eigenvalue weighted by molar-refractivity contribution is 0.00522. The largest absolute Gasteiger partial charge is 0.391 e. The monoisotopic (exact) mass is 286 g/mol. The minimum absolute atomic E-state index is 0.337. The maximum absolute atomic E-state index is 9.82. The molecule has 3 nitrogen and oxygen atoms in total. The number of aliphatic hydroxyl groups excluding tert-OH is 1. The Kier molecular flexibility index (Phi) is 6.95. The fraction of sp³-hybridized carbons (Fsp3) is 0.333. The molecule has 0 fully saturated rings. The van der Waals surface area contributed by atoms with Crippen molar-refractivity contribution in [1.82, 2.24) is 0 Å². The molecule has 0 aliphatic heterocycles. The number of benzene rings is 2. The summed E-state index contributed by atoms with van der Waals surface area (Å²) in [6, 6.07) is 20.0. The van der Waals surface area contributed by atoms with Gasteiger partial charge in [-0.15, -0.1) is 0 Å². The molecule has 1 N–H and O–H groups in total. The molecule has 0 heterocycles. The van der Waals surface area contributed by atoms with Crippen molar-refractivity contribution in [3.05, 3.63) is 71.8 Å². The molecule has 0 aliphatic carbocycles. The van der Waals surface area contributed by atoms with Gasteiger partial charge in [0.15, 0.2) is 0 Å². The highest BCUT2D eigenvalue weighted by Crippen LogP contribution is 2.04. The van der Waals surface area contributed by atoms with Gasteiger partial charge in [-0.05, 0) is 17.5 Å². The Labute approximate surface area is 126 Å². The highest BCUT2D eigenvalue weighted by Gasteiger charge is 2.04. The summed E-state index contributed by atoms with van der Waals surface area (Å²) in [6.45, 7) is 1.98. The van der Waals surface area contributed by atoms with Crippen LogP contribution in [0.4, 0.5) is 0 Å². The quantitative estimate of drug-likeness (QED) is 0.720. The molecule has 3 heteroatoms. The highest BCUT2D eigenvalue weighted by molar-refractivity contribution is 5.14. The van der Waals surface area contributed by atoms with E-state index in [0.29, 0.717) is 32.8 Å². The van der Waals surface area contributed by atoms with E-state index in [1.165, 1.54) is 0 Å². The molecular weight excluding hydrogens is 264 g/mol. The number of hydrogen-bond acceptors (Lipinski definition) is 3. The molecule has 2 aromatic carbocycles. The van der Waals surface area contributed by atoms with Gasteiger partial charge in [-0.25, -0.2) is 0 Å². The Morgan fingerprint density at radius 1 is 0.762 bits per heavy atom. The zero-order chi connectivity index (χ0) is 14.8. The van der Waals surface area contributed by atoms with Crippen LogP contribution in [0.3, 0.4) is 0 Å². The van der Waals surface area contributed by atoms with E-state index in [2.05, 4.69) is 0 Å². The molecule has 0 amide bonds. The molecule has 1 atom stereocenters. The van der Waals surface area contributed by atoms with Crippen LogP contribution in [0.5, 0.6) is 0 Å². The molecule has 0 saturated heterocycles. The van der Waals surface area contributed by atoms with Gasteiger partial charge in [0.1, 0.15) is 0 Å². The average Bonchev–Trinajstić information content (AvgIpc) is 2.54. The number of aliphatic hydroxyl groups is 1. The summed E-state index contributed by atoms with van der Waals surface area (Å²) < 4.78 is 11.0. The van der Waals surface area contributed by atoms with E-state index in [9.17, 15) is 5.11 Å². The van der Waals surface area contributed by atoms with Crippen molar-refractivity contribution in [2.45, 2.75) is 25.7 Å². The molecular formula is C18H22O3. The van der Waals surface area contributed by atoms with Crippen molar-refractivity contribution in [3.8, 4) is 0 Å². The predicted octanol–water partition coefficient (Wildman–Crippen LogP) is 3.17. The fourth-order valence-electron chi connectivity index (χ4n) is 1.95. The SMILES string of the molecule is O[C@@H](CCOCc1ccccc1)COCc1ccccc1. The Morgan fingerprint density at radius 3 is 1.86 bits per heavy atom. The predicted molar refractivity (Wildman–Crippen MR) is 82.8 cm³/mol. The molecule has 21 heavy (non-hydrogen) atoms. The van der Waals surface area contributed by atoms with Crippen molar-refractivity contribution < 1.29 is 14.6 Å². The van der Waals surface area contributed by atoms with E-state index in [1.807, 2.05) is 60.7 Å². The average molecular weight is 286 g/mol. The summed E-state index contributed by atoms with van der Waals surface area (Å²) in [5.74, 6) is 0. The Bertz CT molecular complexity index is 484. The zero-order valence-electron chi connectivity index (χ0n) is 12.2. The molecule has 0 saturated carbocycles. The second kappa shape index (κ2) is 9.29. The first kappa shape index (κ1) is 15.7. The topological polar surface area (TPSA) is 38.7 Å². The molecule has 0 unspecified atom stereocenters. The van der Waals surface area contributed by atoms with Gasteiger partial charge in [-0.1, -0.05) is 60.7 Å². The fourth-order valence-corrected chi connectivity index (χ4v) is 1.95. The summed E-state index contributed by atoms with van der Waals surface area (Å²) in [5, 5.41) is 9.82. The minimum Gasteiger partial charge on any atom is -0.391 e. The van der Waals surface area contributed by atoms with Gasteiger partial charge in [-0.2, -0.15) is 0 Å². The van der Waals surface area contributed by atoms with Crippen LogP contribution in [-0.2, 0) is 22.7 Å². The molecule has 0 aliphatic rings. The second-order valence-corrected chi connectivity index (χ2v) is 4.98. The van der Waals surface area contributed by atoms with Crippen LogP contribution in [0, 0.1) is 0 Å². The maximum atomic E-state index is 9.82. The summed E-state index contributed by atoms with van der Waals surface area (Å²) in [7, 11) is 0. The van der Waals surface area contributed by atoms with E-state index in [4.69, 9.17) is 9.47 Å². The third kappa shape index (κ3) is 6.54. The first-order valence-corrected chi connectivity index (χ1v) is 7.26. The van der Waals surface area contributed by atoms with E-state index >= 15 is 0 Å². The number of rotatable bonds is 9. The number of hydrogen-bond donors (Lipinski definition) is 1. The van der Waals surface area contributed by atoms with Crippen LogP contribution in [0.15, 0.2) is 60.7 Å². The van der Waals surface area contributed by atoms with Gasteiger partial charge in [-0.3, -0.25) is 0 Å². The Morgan fingerprint density at radius 2 is 1.29 bits per heavy atom. The van der Waals surface area contributed by atoms with Gasteiger partial charge in [0, 0.05) is 6.61 Å². The third-order valence-corrected chi connectivity index (χ3v) is 3.13. The van der Waals surface area contributed by atoms with Crippen LogP contribution in [0.25, 0.3) is 0 Å². The van der Waals surface area contributed by atoms with Crippen molar-refractivity contribution in [2.24, 2.45) is 0 Å². The van der Waals surface area contributed by atoms with Crippen molar-refractivity contribution in [3.63, 3.8) is 0 Å². The molecule has 0 radical (unpaired) electrons. The smallest absolute Gasteiger partial charge is 0.0795 e. The van der Waals surface area contributed by atoms with E-state index in [1.54, 1.807) is 0 Å². The molecule has 2 aromatic rings. The van der Waals surface area contributed by atoms with Gasteiger partial charge in [0.2, 0.25) is 0 Å². The van der Waals surface area contributed by atoms with Crippen LogP contribution in [0.2, 0.25) is 0 Å². The van der Waals surface area contributed by atoms with Gasteiger partial charge in [0.25, 0.3) is 0 Å². The van der Waals surface area contributed by atoms with Gasteiger partial charge < -0.3 is 14.6 Å². The molecule has 0 bridgehead atoms. The first-order valence-electron chi connectivity index (χ1n) is 7.26. The lowest BCUT2D eigenvalue weighted by Crippen LogP contribution is -2.17. The maximum Gasteiger partial charge on any atom is 0.0795 e. The first-order chi connectivity index (χ1) is 10.3. The summed E-state index contributed by atoms with van der Waals surface area (Å²) in [4.78, 5) is 0. The minimum atomic E-state index is -0.482. The van der Waals surface area contributed by atoms with Crippen LogP contribution < -0.4 is 0 Å². The Balaban J connectivity index is 1.52. The van der Waals surface area contributed by atoms with E-state index < -0.39 is 6.10 Å². The lowest BCUT2D eigenvalue weighted by Gasteiger charge is -2.11.